The maximum Gasteiger partial charge on any atom is 0.145 e. The molecule has 2 aliphatic rings. The van der Waals surface area contributed by atoms with Crippen LogP contribution < -0.4 is 0 Å². The monoisotopic (exact) mass is 287 g/mol. The molecule has 114 valence electrons. The molecule has 21 heavy (non-hydrogen) atoms. The number of hydrogen-bond donors (Lipinski definition) is 0. The molecular formula is C17H25N3O. The lowest BCUT2D eigenvalue weighted by atomic mass is 9.85. The van der Waals surface area contributed by atoms with Crippen molar-refractivity contribution in [2.24, 2.45) is 11.1 Å². The van der Waals surface area contributed by atoms with Gasteiger partial charge in [-0.3, -0.25) is 4.98 Å². The zero-order valence-corrected chi connectivity index (χ0v) is 13.1. The van der Waals surface area contributed by atoms with Crippen molar-refractivity contribution in [2.75, 3.05) is 19.6 Å². The summed E-state index contributed by atoms with van der Waals surface area (Å²) in [6.07, 6.45) is 8.04. The van der Waals surface area contributed by atoms with E-state index in [4.69, 9.17) is 4.84 Å². The van der Waals surface area contributed by atoms with Gasteiger partial charge in [-0.25, -0.2) is 0 Å². The molecular weight excluding hydrogens is 262 g/mol. The van der Waals surface area contributed by atoms with Crippen molar-refractivity contribution >= 4 is 5.71 Å². The van der Waals surface area contributed by atoms with Gasteiger partial charge in [-0.15, -0.1) is 0 Å². The van der Waals surface area contributed by atoms with Crippen LogP contribution in [0.2, 0.25) is 0 Å². The Morgan fingerprint density at radius 3 is 2.81 bits per heavy atom. The Labute approximate surface area is 127 Å². The van der Waals surface area contributed by atoms with E-state index in [1.54, 1.807) is 6.20 Å². The molecule has 0 aromatic carbocycles. The summed E-state index contributed by atoms with van der Waals surface area (Å²) in [4.78, 5) is 12.6. The van der Waals surface area contributed by atoms with Gasteiger partial charge in [-0.1, -0.05) is 19.0 Å². The first-order valence-electron chi connectivity index (χ1n) is 8.05. The third kappa shape index (κ3) is 3.43. The normalized spacial score (nSPS) is 21.6. The van der Waals surface area contributed by atoms with Crippen molar-refractivity contribution in [2.45, 2.75) is 45.1 Å². The van der Waals surface area contributed by atoms with Gasteiger partial charge in [0.15, 0.2) is 0 Å². The summed E-state index contributed by atoms with van der Waals surface area (Å²) < 4.78 is 0. The predicted octanol–water partition coefficient (Wildman–Crippen LogP) is 3.09. The second kappa shape index (κ2) is 6.14. The number of rotatable bonds is 4. The van der Waals surface area contributed by atoms with Crippen molar-refractivity contribution in [1.82, 2.24) is 9.88 Å². The molecule has 0 unspecified atom stereocenters. The van der Waals surface area contributed by atoms with E-state index in [2.05, 4.69) is 35.0 Å². The van der Waals surface area contributed by atoms with Gasteiger partial charge in [0, 0.05) is 50.3 Å². The Kier molecular flexibility index (Phi) is 4.24. The molecule has 1 aromatic rings. The number of nitrogens with zero attached hydrogens (tertiary/aromatic N) is 3. The minimum Gasteiger partial charge on any atom is -0.388 e. The Balaban J connectivity index is 1.54. The molecule has 0 aliphatic carbocycles. The molecule has 4 nitrogen and oxygen atoms in total. The average molecular weight is 287 g/mol. The molecule has 4 heteroatoms. The number of likely N-dealkylation sites (tertiary alicyclic amines) is 1. The van der Waals surface area contributed by atoms with E-state index in [-0.39, 0.29) is 5.60 Å². The number of oxime groups is 1. The maximum absolute atomic E-state index is 5.86. The Bertz CT molecular complexity index is 490. The van der Waals surface area contributed by atoms with Gasteiger partial charge in [0.1, 0.15) is 5.60 Å². The van der Waals surface area contributed by atoms with Crippen molar-refractivity contribution in [3.63, 3.8) is 0 Å². The first-order chi connectivity index (χ1) is 10.2. The van der Waals surface area contributed by atoms with Crippen molar-refractivity contribution in [3.05, 3.63) is 30.1 Å². The lowest BCUT2D eigenvalue weighted by Gasteiger charge is -2.37. The number of piperidine rings is 1. The van der Waals surface area contributed by atoms with Crippen LogP contribution >= 0.6 is 0 Å². The summed E-state index contributed by atoms with van der Waals surface area (Å²) in [5.41, 5.74) is 2.09. The van der Waals surface area contributed by atoms with Crippen LogP contribution in [0.25, 0.3) is 0 Å². The number of aromatic nitrogens is 1. The van der Waals surface area contributed by atoms with Gasteiger partial charge in [0.25, 0.3) is 0 Å². The highest BCUT2D eigenvalue weighted by atomic mass is 16.7. The Morgan fingerprint density at radius 2 is 2.14 bits per heavy atom. The molecule has 1 saturated heterocycles. The largest absolute Gasteiger partial charge is 0.388 e. The summed E-state index contributed by atoms with van der Waals surface area (Å²) in [6.45, 7) is 8.05. The third-order valence-electron chi connectivity index (χ3n) is 4.62. The van der Waals surface area contributed by atoms with Crippen LogP contribution in [0, 0.1) is 5.92 Å². The number of pyridine rings is 1. The van der Waals surface area contributed by atoms with E-state index in [1.807, 2.05) is 12.3 Å². The third-order valence-corrected chi connectivity index (χ3v) is 4.62. The molecule has 3 rings (SSSR count). The molecule has 0 saturated carbocycles. The molecule has 0 N–H and O–H groups in total. The van der Waals surface area contributed by atoms with E-state index < -0.39 is 0 Å². The van der Waals surface area contributed by atoms with Crippen LogP contribution in [-0.2, 0) is 4.84 Å². The second-order valence-electron chi connectivity index (χ2n) is 6.75. The van der Waals surface area contributed by atoms with Gasteiger partial charge >= 0.3 is 0 Å². The SMILES string of the molecule is CC(C)CCN1CCC2(CC1)CC(c1cccnc1)=NO2. The van der Waals surface area contributed by atoms with Gasteiger partial charge in [-0.2, -0.15) is 0 Å². The zero-order chi connectivity index (χ0) is 14.7. The van der Waals surface area contributed by atoms with Crippen LogP contribution in [0.15, 0.2) is 29.7 Å². The molecule has 2 aliphatic heterocycles. The highest BCUT2D eigenvalue weighted by molar-refractivity contribution is 6.01. The highest BCUT2D eigenvalue weighted by Crippen LogP contribution is 2.36. The molecule has 1 spiro atoms. The minimum absolute atomic E-state index is 0.0560. The van der Waals surface area contributed by atoms with Crippen LogP contribution in [-0.4, -0.2) is 40.8 Å². The van der Waals surface area contributed by atoms with E-state index in [1.165, 1.54) is 13.0 Å². The van der Waals surface area contributed by atoms with Gasteiger partial charge in [0.05, 0.1) is 5.71 Å². The summed E-state index contributed by atoms with van der Waals surface area (Å²) in [7, 11) is 0. The van der Waals surface area contributed by atoms with E-state index in [9.17, 15) is 0 Å². The minimum atomic E-state index is -0.0560. The fourth-order valence-corrected chi connectivity index (χ4v) is 3.10. The quantitative estimate of drug-likeness (QED) is 0.854. The van der Waals surface area contributed by atoms with Crippen molar-refractivity contribution in [1.29, 1.82) is 0 Å². The standard InChI is InChI=1S/C17H25N3O/c1-14(2)5-9-20-10-6-17(7-11-20)12-16(19-21-17)15-4-3-8-18-13-15/h3-4,8,13-14H,5-7,9-12H2,1-2H3. The Morgan fingerprint density at radius 1 is 1.33 bits per heavy atom. The lowest BCUT2D eigenvalue weighted by Crippen LogP contribution is -2.45. The number of hydrogen-bond acceptors (Lipinski definition) is 4. The van der Waals surface area contributed by atoms with Gasteiger partial charge < -0.3 is 9.74 Å². The fourth-order valence-electron chi connectivity index (χ4n) is 3.10. The van der Waals surface area contributed by atoms with Crippen LogP contribution in [0.4, 0.5) is 0 Å². The summed E-state index contributed by atoms with van der Waals surface area (Å²) >= 11 is 0. The lowest BCUT2D eigenvalue weighted by molar-refractivity contribution is -0.0618. The molecule has 0 radical (unpaired) electrons. The van der Waals surface area contributed by atoms with Crippen LogP contribution in [0.1, 0.15) is 45.1 Å². The molecule has 1 fully saturated rings. The Hall–Kier alpha value is -1.42. The summed E-state index contributed by atoms with van der Waals surface area (Å²) in [5.74, 6) is 0.782. The second-order valence-corrected chi connectivity index (χ2v) is 6.75. The average Bonchev–Trinajstić information content (AvgIpc) is 2.92. The zero-order valence-electron chi connectivity index (χ0n) is 13.1. The van der Waals surface area contributed by atoms with Crippen LogP contribution in [0.5, 0.6) is 0 Å². The molecule has 1 aromatic heterocycles. The summed E-state index contributed by atoms with van der Waals surface area (Å²) in [6, 6.07) is 4.02. The van der Waals surface area contributed by atoms with E-state index in [0.29, 0.717) is 0 Å². The molecule has 0 amide bonds. The smallest absolute Gasteiger partial charge is 0.145 e. The van der Waals surface area contributed by atoms with Crippen LogP contribution in [0.3, 0.4) is 0 Å². The molecule has 0 atom stereocenters. The van der Waals surface area contributed by atoms with Gasteiger partial charge in [-0.05, 0) is 31.0 Å². The maximum atomic E-state index is 5.86. The van der Waals surface area contributed by atoms with Crippen molar-refractivity contribution < 1.29 is 4.84 Å². The van der Waals surface area contributed by atoms with E-state index in [0.717, 1.165) is 49.5 Å². The summed E-state index contributed by atoms with van der Waals surface area (Å²) in [5, 5.41) is 4.34. The first kappa shape index (κ1) is 14.5. The topological polar surface area (TPSA) is 37.7 Å². The first-order valence-corrected chi connectivity index (χ1v) is 8.05. The van der Waals surface area contributed by atoms with E-state index >= 15 is 0 Å². The highest BCUT2D eigenvalue weighted by Gasteiger charge is 2.42. The van der Waals surface area contributed by atoms with Crippen molar-refractivity contribution in [3.8, 4) is 0 Å². The molecule has 0 bridgehead atoms. The molecule has 3 heterocycles. The predicted molar refractivity (Wildman–Crippen MR) is 84.3 cm³/mol. The fraction of sp³-hybridized carbons (Fsp3) is 0.647. The van der Waals surface area contributed by atoms with Gasteiger partial charge in [0.2, 0.25) is 0 Å².